The van der Waals surface area contributed by atoms with Gasteiger partial charge in [-0.3, -0.25) is 4.90 Å². The molecule has 1 N–H and O–H groups in total. The summed E-state index contributed by atoms with van der Waals surface area (Å²) in [7, 11) is 0. The SMILES string of the molecule is Cc1ccc(OCC2(O)CCN(C(C)C)C2)cc1. The zero-order chi connectivity index (χ0) is 13.2. The zero-order valence-electron chi connectivity index (χ0n) is 11.5. The van der Waals surface area contributed by atoms with Crippen LogP contribution in [0.1, 0.15) is 25.8 Å². The summed E-state index contributed by atoms with van der Waals surface area (Å²) in [6.07, 6.45) is 0.789. The van der Waals surface area contributed by atoms with Gasteiger partial charge in [0.1, 0.15) is 18.0 Å². The Morgan fingerprint density at radius 2 is 2.00 bits per heavy atom. The molecule has 2 rings (SSSR count). The third-order valence-corrected chi connectivity index (χ3v) is 3.62. The van der Waals surface area contributed by atoms with E-state index >= 15 is 0 Å². The van der Waals surface area contributed by atoms with Gasteiger partial charge in [0.2, 0.25) is 0 Å². The molecule has 1 aliphatic heterocycles. The second-order valence-corrected chi connectivity index (χ2v) is 5.64. The van der Waals surface area contributed by atoms with Gasteiger partial charge in [0.05, 0.1) is 0 Å². The molecule has 1 aromatic rings. The minimum atomic E-state index is -0.699. The van der Waals surface area contributed by atoms with Crippen molar-refractivity contribution in [2.75, 3.05) is 19.7 Å². The summed E-state index contributed by atoms with van der Waals surface area (Å²) >= 11 is 0. The van der Waals surface area contributed by atoms with E-state index in [2.05, 4.69) is 25.7 Å². The van der Waals surface area contributed by atoms with Crippen molar-refractivity contribution < 1.29 is 9.84 Å². The Morgan fingerprint density at radius 3 is 2.56 bits per heavy atom. The number of β-amino-alcohol motifs (C(OH)–C–C–N with tert-alkyl or cyclic N) is 1. The van der Waals surface area contributed by atoms with Crippen molar-refractivity contribution in [3.05, 3.63) is 29.8 Å². The van der Waals surface area contributed by atoms with Crippen LogP contribution in [0.4, 0.5) is 0 Å². The molecule has 3 nitrogen and oxygen atoms in total. The number of likely N-dealkylation sites (tertiary alicyclic amines) is 1. The van der Waals surface area contributed by atoms with Crippen molar-refractivity contribution in [1.29, 1.82) is 0 Å². The molecule has 1 aromatic carbocycles. The summed E-state index contributed by atoms with van der Waals surface area (Å²) in [5, 5.41) is 10.5. The van der Waals surface area contributed by atoms with Gasteiger partial charge in [-0.1, -0.05) is 17.7 Å². The molecule has 1 unspecified atom stereocenters. The number of aliphatic hydroxyl groups is 1. The molecule has 1 atom stereocenters. The van der Waals surface area contributed by atoms with Crippen molar-refractivity contribution in [1.82, 2.24) is 4.90 Å². The number of aryl methyl sites for hydroxylation is 1. The van der Waals surface area contributed by atoms with Crippen LogP contribution in [0.2, 0.25) is 0 Å². The van der Waals surface area contributed by atoms with Gasteiger partial charge >= 0.3 is 0 Å². The van der Waals surface area contributed by atoms with Crippen molar-refractivity contribution in [2.24, 2.45) is 0 Å². The number of ether oxygens (including phenoxy) is 1. The molecule has 0 bridgehead atoms. The van der Waals surface area contributed by atoms with Crippen LogP contribution in [0, 0.1) is 6.92 Å². The smallest absolute Gasteiger partial charge is 0.119 e. The Labute approximate surface area is 109 Å². The van der Waals surface area contributed by atoms with Gasteiger partial charge in [-0.15, -0.1) is 0 Å². The van der Waals surface area contributed by atoms with Gasteiger partial charge in [-0.05, 0) is 39.3 Å². The molecule has 0 aromatic heterocycles. The molecule has 1 aliphatic rings. The molecule has 0 spiro atoms. The second-order valence-electron chi connectivity index (χ2n) is 5.64. The van der Waals surface area contributed by atoms with Crippen LogP contribution in [0.25, 0.3) is 0 Å². The fourth-order valence-electron chi connectivity index (χ4n) is 2.30. The van der Waals surface area contributed by atoms with Crippen LogP contribution in [0.5, 0.6) is 5.75 Å². The summed E-state index contributed by atoms with van der Waals surface area (Å²) in [5.74, 6) is 0.831. The van der Waals surface area contributed by atoms with Crippen molar-refractivity contribution in [3.8, 4) is 5.75 Å². The minimum absolute atomic E-state index is 0.374. The monoisotopic (exact) mass is 249 g/mol. The van der Waals surface area contributed by atoms with Gasteiger partial charge in [0, 0.05) is 19.1 Å². The first-order chi connectivity index (χ1) is 8.48. The maximum absolute atomic E-state index is 10.5. The third-order valence-electron chi connectivity index (χ3n) is 3.62. The minimum Gasteiger partial charge on any atom is -0.491 e. The summed E-state index contributed by atoms with van der Waals surface area (Å²) < 4.78 is 5.70. The lowest BCUT2D eigenvalue weighted by atomic mass is 10.1. The predicted molar refractivity (Wildman–Crippen MR) is 72.9 cm³/mol. The van der Waals surface area contributed by atoms with Crippen LogP contribution in [0.15, 0.2) is 24.3 Å². The lowest BCUT2D eigenvalue weighted by Gasteiger charge is -2.25. The number of hydrogen-bond acceptors (Lipinski definition) is 3. The topological polar surface area (TPSA) is 32.7 Å². The average Bonchev–Trinajstić information content (AvgIpc) is 2.72. The number of nitrogens with zero attached hydrogens (tertiary/aromatic N) is 1. The average molecular weight is 249 g/mol. The quantitative estimate of drug-likeness (QED) is 0.888. The van der Waals surface area contributed by atoms with Crippen molar-refractivity contribution in [3.63, 3.8) is 0 Å². The summed E-state index contributed by atoms with van der Waals surface area (Å²) in [5.41, 5.74) is 0.516. The first-order valence-electron chi connectivity index (χ1n) is 6.64. The van der Waals surface area contributed by atoms with E-state index in [1.165, 1.54) is 5.56 Å². The van der Waals surface area contributed by atoms with E-state index in [0.29, 0.717) is 19.2 Å². The normalized spacial score (nSPS) is 24.7. The molecule has 100 valence electrons. The number of benzene rings is 1. The maximum atomic E-state index is 10.5. The molecular formula is C15H23NO2. The van der Waals surface area contributed by atoms with Gasteiger partial charge < -0.3 is 9.84 Å². The Morgan fingerprint density at radius 1 is 1.33 bits per heavy atom. The number of hydrogen-bond donors (Lipinski definition) is 1. The van der Waals surface area contributed by atoms with Gasteiger partial charge in [-0.25, -0.2) is 0 Å². The van der Waals surface area contributed by atoms with Gasteiger partial charge in [0.15, 0.2) is 0 Å². The van der Waals surface area contributed by atoms with E-state index in [9.17, 15) is 5.11 Å². The van der Waals surface area contributed by atoms with Crippen LogP contribution in [0.3, 0.4) is 0 Å². The highest BCUT2D eigenvalue weighted by atomic mass is 16.5. The highest BCUT2D eigenvalue weighted by Crippen LogP contribution is 2.24. The van der Waals surface area contributed by atoms with Crippen LogP contribution >= 0.6 is 0 Å². The molecule has 0 radical (unpaired) electrons. The fourth-order valence-corrected chi connectivity index (χ4v) is 2.30. The van der Waals surface area contributed by atoms with Crippen LogP contribution < -0.4 is 4.74 Å². The standard InChI is InChI=1S/C15H23NO2/c1-12(2)16-9-8-15(17,10-16)11-18-14-6-4-13(3)5-7-14/h4-7,12,17H,8-11H2,1-3H3. The Bertz CT molecular complexity index is 388. The molecule has 1 fully saturated rings. The first-order valence-corrected chi connectivity index (χ1v) is 6.64. The summed E-state index contributed by atoms with van der Waals surface area (Å²) in [6.45, 7) is 8.40. The van der Waals surface area contributed by atoms with E-state index in [-0.39, 0.29) is 0 Å². The highest BCUT2D eigenvalue weighted by molar-refractivity contribution is 5.26. The Balaban J connectivity index is 1.88. The zero-order valence-corrected chi connectivity index (χ0v) is 11.5. The molecule has 18 heavy (non-hydrogen) atoms. The molecule has 0 aliphatic carbocycles. The largest absolute Gasteiger partial charge is 0.491 e. The highest BCUT2D eigenvalue weighted by Gasteiger charge is 2.37. The van der Waals surface area contributed by atoms with Crippen LogP contribution in [-0.2, 0) is 0 Å². The van der Waals surface area contributed by atoms with Crippen molar-refractivity contribution in [2.45, 2.75) is 38.8 Å². The first kappa shape index (κ1) is 13.4. The third kappa shape index (κ3) is 3.24. The Hall–Kier alpha value is -1.06. The van der Waals surface area contributed by atoms with Crippen LogP contribution in [-0.4, -0.2) is 41.3 Å². The fraction of sp³-hybridized carbons (Fsp3) is 0.600. The lowest BCUT2D eigenvalue weighted by Crippen LogP contribution is -2.40. The molecular weight excluding hydrogens is 226 g/mol. The predicted octanol–water partition coefficient (Wildman–Crippen LogP) is 2.22. The van der Waals surface area contributed by atoms with Crippen molar-refractivity contribution >= 4 is 0 Å². The molecule has 1 saturated heterocycles. The molecule has 3 heteroatoms. The van der Waals surface area contributed by atoms with E-state index in [0.717, 1.165) is 18.7 Å². The van der Waals surface area contributed by atoms with E-state index in [4.69, 9.17) is 4.74 Å². The summed E-state index contributed by atoms with van der Waals surface area (Å²) in [6, 6.07) is 8.43. The van der Waals surface area contributed by atoms with E-state index in [1.807, 2.05) is 24.3 Å². The maximum Gasteiger partial charge on any atom is 0.119 e. The van der Waals surface area contributed by atoms with E-state index in [1.54, 1.807) is 0 Å². The molecule has 0 saturated carbocycles. The lowest BCUT2D eigenvalue weighted by molar-refractivity contribution is 0.00165. The molecule has 1 heterocycles. The van der Waals surface area contributed by atoms with Gasteiger partial charge in [0.25, 0.3) is 0 Å². The Kier molecular flexibility index (Phi) is 3.93. The molecule has 0 amide bonds. The second kappa shape index (κ2) is 5.29. The number of rotatable bonds is 4. The summed E-state index contributed by atoms with van der Waals surface area (Å²) in [4.78, 5) is 2.29. The van der Waals surface area contributed by atoms with E-state index < -0.39 is 5.60 Å². The van der Waals surface area contributed by atoms with Gasteiger partial charge in [-0.2, -0.15) is 0 Å².